The van der Waals surface area contributed by atoms with Crippen LogP contribution in [0.2, 0.25) is 10.5 Å². The second-order valence-electron chi connectivity index (χ2n) is 8.97. The van der Waals surface area contributed by atoms with Gasteiger partial charge in [0.1, 0.15) is 0 Å². The summed E-state index contributed by atoms with van der Waals surface area (Å²) in [5, 5.41) is 5.32. The van der Waals surface area contributed by atoms with Gasteiger partial charge in [-0.25, -0.2) is 0 Å². The van der Waals surface area contributed by atoms with Gasteiger partial charge in [-0.1, -0.05) is 0 Å². The quantitative estimate of drug-likeness (QED) is 0.423. The molecule has 2 unspecified atom stereocenters. The van der Waals surface area contributed by atoms with Gasteiger partial charge in [-0.2, -0.15) is 0 Å². The predicted molar refractivity (Wildman–Crippen MR) is 94.7 cm³/mol. The fourth-order valence-electron chi connectivity index (χ4n) is 6.56. The van der Waals surface area contributed by atoms with Crippen LogP contribution in [0, 0.1) is 10.8 Å². The molecule has 0 bridgehead atoms. The summed E-state index contributed by atoms with van der Waals surface area (Å²) in [6.45, 7) is 19.4. The summed E-state index contributed by atoms with van der Waals surface area (Å²) in [5.74, 6) is 0. The Hall–Kier alpha value is -0.326. The van der Waals surface area contributed by atoms with Crippen LogP contribution in [0.1, 0.15) is 61.8 Å². The number of hydrogen-bond donors (Lipinski definition) is 0. The zero-order valence-corrected chi connectivity index (χ0v) is 17.8. The van der Waals surface area contributed by atoms with E-state index in [0.29, 0.717) is 10.8 Å². The first-order valence-corrected chi connectivity index (χ1v) is 13.4. The van der Waals surface area contributed by atoms with Crippen molar-refractivity contribution < 1.29 is 16.6 Å². The fourth-order valence-corrected chi connectivity index (χ4v) is 15.6. The first-order chi connectivity index (χ1) is 9.90. The summed E-state index contributed by atoms with van der Waals surface area (Å²) in [6, 6.07) is 0. The molecule has 0 aromatic heterocycles. The van der Waals surface area contributed by atoms with Crippen LogP contribution >= 0.6 is 0 Å². The van der Waals surface area contributed by atoms with E-state index in [2.05, 4.69) is 65.8 Å². The van der Waals surface area contributed by atoms with E-state index in [0.717, 1.165) is 0 Å². The Morgan fingerprint density at radius 3 is 1.27 bits per heavy atom. The van der Waals surface area contributed by atoms with Gasteiger partial charge in [-0.15, -0.1) is 0 Å². The summed E-state index contributed by atoms with van der Waals surface area (Å²) in [7, 11) is 0. The maximum atomic E-state index is 2.66. The first kappa shape index (κ1) is 16.5. The maximum absolute atomic E-state index is 2.66. The molecule has 1 heterocycles. The van der Waals surface area contributed by atoms with Gasteiger partial charge in [0, 0.05) is 0 Å². The standard InChI is InChI=1S/C19H26.2CH3.Ti/c1-12-9-18(7,16(5)14(12)3)11-19(8)10-13(2)15(4)17(19)6;;;/h11H2,1-8H3;2*1H3;. The normalized spacial score (nSPS) is 37.4. The molecule has 0 spiro atoms. The van der Waals surface area contributed by atoms with E-state index < -0.39 is 16.6 Å². The third kappa shape index (κ3) is 1.59. The third-order valence-corrected chi connectivity index (χ3v) is 14.5. The molecule has 3 aliphatic rings. The van der Waals surface area contributed by atoms with Gasteiger partial charge >= 0.3 is 141 Å². The summed E-state index contributed by atoms with van der Waals surface area (Å²) < 4.78 is 3.74. The van der Waals surface area contributed by atoms with Gasteiger partial charge < -0.3 is 0 Å². The van der Waals surface area contributed by atoms with Crippen molar-refractivity contribution in [2.45, 2.75) is 72.3 Å². The van der Waals surface area contributed by atoms with Crippen LogP contribution in [0.25, 0.3) is 0 Å². The van der Waals surface area contributed by atoms with Crippen molar-refractivity contribution in [3.05, 3.63) is 41.2 Å². The Kier molecular flexibility index (Phi) is 3.30. The van der Waals surface area contributed by atoms with Crippen molar-refractivity contribution in [2.24, 2.45) is 10.8 Å². The van der Waals surface area contributed by atoms with E-state index in [1.165, 1.54) is 6.42 Å². The minimum absolute atomic E-state index is 0.308. The van der Waals surface area contributed by atoms with Crippen molar-refractivity contribution in [3.8, 4) is 0 Å². The van der Waals surface area contributed by atoms with Gasteiger partial charge in [0.05, 0.1) is 0 Å². The van der Waals surface area contributed by atoms with Gasteiger partial charge in [0.15, 0.2) is 0 Å². The average Bonchev–Trinajstić information content (AvgIpc) is 2.67. The van der Waals surface area contributed by atoms with Gasteiger partial charge in [-0.05, 0) is 0 Å². The summed E-state index contributed by atoms with van der Waals surface area (Å²) in [4.78, 5) is 0. The second kappa shape index (κ2) is 4.39. The molecule has 0 aromatic rings. The zero-order chi connectivity index (χ0) is 16.8. The fraction of sp³-hybridized carbons (Fsp3) is 0.619. The SMILES string of the molecule is CC1=C(C)C2(C)CC3(C)C(C)=C(C)C(C)=[C]3[Ti]([CH3])([CH3])[C]2=C1C. The molecule has 0 aromatic carbocycles. The molecule has 22 heavy (non-hydrogen) atoms. The molecule has 0 saturated carbocycles. The molecule has 2 atom stereocenters. The van der Waals surface area contributed by atoms with Crippen LogP contribution in [0.4, 0.5) is 0 Å². The van der Waals surface area contributed by atoms with Gasteiger partial charge in [0.2, 0.25) is 0 Å². The van der Waals surface area contributed by atoms with E-state index in [1.54, 1.807) is 33.4 Å². The molecule has 1 heteroatoms. The molecule has 1 fully saturated rings. The Morgan fingerprint density at radius 1 is 0.636 bits per heavy atom. The zero-order valence-electron chi connectivity index (χ0n) is 16.2. The van der Waals surface area contributed by atoms with Crippen LogP contribution < -0.4 is 0 Å². The topological polar surface area (TPSA) is 0 Å². The van der Waals surface area contributed by atoms with Crippen molar-refractivity contribution in [3.63, 3.8) is 0 Å². The van der Waals surface area contributed by atoms with E-state index in [4.69, 9.17) is 0 Å². The van der Waals surface area contributed by atoms with E-state index in [-0.39, 0.29) is 0 Å². The van der Waals surface area contributed by atoms with Gasteiger partial charge in [0.25, 0.3) is 0 Å². The molecule has 1 saturated heterocycles. The van der Waals surface area contributed by atoms with Crippen LogP contribution in [-0.4, -0.2) is 0 Å². The van der Waals surface area contributed by atoms with Crippen molar-refractivity contribution in [1.82, 2.24) is 0 Å². The van der Waals surface area contributed by atoms with Gasteiger partial charge in [-0.3, -0.25) is 0 Å². The van der Waals surface area contributed by atoms with E-state index >= 15 is 0 Å². The minimum atomic E-state index is -2.23. The molecule has 0 radical (unpaired) electrons. The molecule has 2 aliphatic carbocycles. The summed E-state index contributed by atoms with van der Waals surface area (Å²) >= 11 is -2.23. The Bertz CT molecular complexity index is 663. The Labute approximate surface area is 140 Å². The van der Waals surface area contributed by atoms with Crippen LogP contribution in [0.5, 0.6) is 0 Å². The average molecular weight is 332 g/mol. The predicted octanol–water partition coefficient (Wildman–Crippen LogP) is 6.90. The van der Waals surface area contributed by atoms with Crippen LogP contribution in [-0.2, 0) is 16.6 Å². The first-order valence-electron chi connectivity index (χ1n) is 8.71. The number of fused-ring (bicyclic) bond motifs is 2. The van der Waals surface area contributed by atoms with Crippen molar-refractivity contribution >= 4 is 0 Å². The molecule has 1 aliphatic heterocycles. The Morgan fingerprint density at radius 2 is 0.955 bits per heavy atom. The van der Waals surface area contributed by atoms with Crippen LogP contribution in [0.3, 0.4) is 0 Å². The van der Waals surface area contributed by atoms with Crippen molar-refractivity contribution in [1.29, 1.82) is 0 Å². The molecule has 3 rings (SSSR count). The molecule has 0 amide bonds. The summed E-state index contributed by atoms with van der Waals surface area (Å²) in [6.07, 6.45) is 1.28. The van der Waals surface area contributed by atoms with E-state index in [1.807, 2.05) is 7.76 Å². The monoisotopic (exact) mass is 332 g/mol. The van der Waals surface area contributed by atoms with Crippen molar-refractivity contribution in [2.75, 3.05) is 0 Å². The molecule has 120 valence electrons. The number of rotatable bonds is 0. The third-order valence-electron chi connectivity index (χ3n) is 7.72. The number of allylic oxidation sites excluding steroid dienone is 8. The number of hydrogen-bond acceptors (Lipinski definition) is 0. The van der Waals surface area contributed by atoms with Crippen LogP contribution in [0.15, 0.2) is 41.2 Å². The summed E-state index contributed by atoms with van der Waals surface area (Å²) in [5.41, 5.74) is 10.3. The Balaban J connectivity index is 2.37. The van der Waals surface area contributed by atoms with E-state index in [9.17, 15) is 0 Å². The molecule has 0 N–H and O–H groups in total. The molecular weight excluding hydrogens is 300 g/mol. The molecular formula is C21H32Ti. The second-order valence-corrected chi connectivity index (χ2v) is 15.6. The molecule has 0 nitrogen and oxygen atoms in total.